The second kappa shape index (κ2) is 9.65. The summed E-state index contributed by atoms with van der Waals surface area (Å²) in [5.74, 6) is 0.279. The number of benzene rings is 1. The lowest BCUT2D eigenvalue weighted by molar-refractivity contribution is -0.130. The maximum Gasteiger partial charge on any atom is 0.272 e. The fourth-order valence-corrected chi connectivity index (χ4v) is 5.09. The molecule has 3 aromatic rings. The normalized spacial score (nSPS) is 18.2. The average Bonchev–Trinajstić information content (AvgIpc) is 3.49. The molecule has 0 radical (unpaired) electrons. The van der Waals surface area contributed by atoms with E-state index < -0.39 is 5.41 Å². The van der Waals surface area contributed by atoms with E-state index in [9.17, 15) is 9.59 Å². The first kappa shape index (κ1) is 22.2. The third-order valence-electron chi connectivity index (χ3n) is 6.01. The van der Waals surface area contributed by atoms with E-state index in [0.717, 1.165) is 11.1 Å². The molecule has 2 amide bonds. The highest BCUT2D eigenvalue weighted by Gasteiger charge is 2.46. The summed E-state index contributed by atoms with van der Waals surface area (Å²) in [6.07, 6.45) is 2.86. The van der Waals surface area contributed by atoms with Gasteiger partial charge >= 0.3 is 0 Å². The van der Waals surface area contributed by atoms with Gasteiger partial charge in [-0.3, -0.25) is 14.6 Å². The zero-order chi connectivity index (χ0) is 22.6. The third kappa shape index (κ3) is 4.75. The average molecular weight is 448 g/mol. The summed E-state index contributed by atoms with van der Waals surface area (Å²) in [7, 11) is 0. The number of hydrogen-bond donors (Lipinski definition) is 1. The van der Waals surface area contributed by atoms with Crippen molar-refractivity contribution in [3.63, 3.8) is 0 Å². The van der Waals surface area contributed by atoms with E-state index in [4.69, 9.17) is 0 Å². The summed E-state index contributed by atoms with van der Waals surface area (Å²) in [6, 6.07) is 17.8. The van der Waals surface area contributed by atoms with Crippen molar-refractivity contribution in [1.29, 1.82) is 0 Å². The minimum Gasteiger partial charge on any atom is -0.355 e. The van der Waals surface area contributed by atoms with Crippen LogP contribution in [0.1, 0.15) is 36.3 Å². The van der Waals surface area contributed by atoms with Gasteiger partial charge in [-0.2, -0.15) is 0 Å². The van der Waals surface area contributed by atoms with Crippen molar-refractivity contribution in [2.24, 2.45) is 11.3 Å². The number of likely N-dealkylation sites (tertiary alicyclic amines) is 1. The minimum atomic E-state index is -0.660. The van der Waals surface area contributed by atoms with E-state index in [1.54, 1.807) is 34.6 Å². The Bertz CT molecular complexity index is 1070. The molecule has 32 heavy (non-hydrogen) atoms. The fourth-order valence-electron chi connectivity index (χ4n) is 4.30. The van der Waals surface area contributed by atoms with Crippen molar-refractivity contribution in [2.45, 2.75) is 26.7 Å². The van der Waals surface area contributed by atoms with E-state index in [2.05, 4.69) is 47.7 Å². The molecular weight excluding hydrogens is 418 g/mol. The van der Waals surface area contributed by atoms with Crippen LogP contribution in [0.4, 0.5) is 0 Å². The molecule has 166 valence electrons. The second-order valence-electron chi connectivity index (χ2n) is 8.89. The monoisotopic (exact) mass is 447 g/mol. The van der Waals surface area contributed by atoms with E-state index >= 15 is 0 Å². The van der Waals surface area contributed by atoms with Crippen LogP contribution in [0.5, 0.6) is 0 Å². The number of pyridine rings is 1. The molecule has 1 unspecified atom stereocenters. The molecule has 1 N–H and O–H groups in total. The third-order valence-corrected chi connectivity index (χ3v) is 6.91. The number of nitrogens with zero attached hydrogens (tertiary/aromatic N) is 2. The van der Waals surface area contributed by atoms with E-state index in [1.807, 2.05) is 24.3 Å². The number of rotatable bonds is 7. The number of nitrogens with one attached hydrogen (secondary N) is 1. The van der Waals surface area contributed by atoms with Gasteiger partial charge in [0.1, 0.15) is 5.69 Å². The van der Waals surface area contributed by atoms with Gasteiger partial charge in [0.2, 0.25) is 5.91 Å². The highest BCUT2D eigenvalue weighted by molar-refractivity contribution is 7.13. The summed E-state index contributed by atoms with van der Waals surface area (Å²) >= 11 is 1.70. The maximum absolute atomic E-state index is 13.5. The summed E-state index contributed by atoms with van der Waals surface area (Å²) in [6.45, 7) is 5.74. The number of hydrogen-bond acceptors (Lipinski definition) is 4. The van der Waals surface area contributed by atoms with Gasteiger partial charge in [0, 0.05) is 30.7 Å². The largest absolute Gasteiger partial charge is 0.355 e. The van der Waals surface area contributed by atoms with Gasteiger partial charge in [-0.1, -0.05) is 50.2 Å². The van der Waals surface area contributed by atoms with Crippen LogP contribution >= 0.6 is 11.3 Å². The molecule has 6 heteroatoms. The lowest BCUT2D eigenvalue weighted by Crippen LogP contribution is -2.46. The van der Waals surface area contributed by atoms with Gasteiger partial charge in [-0.25, -0.2) is 0 Å². The molecule has 1 atom stereocenters. The molecule has 4 rings (SSSR count). The summed E-state index contributed by atoms with van der Waals surface area (Å²) in [5, 5.41) is 5.22. The zero-order valence-electron chi connectivity index (χ0n) is 18.6. The van der Waals surface area contributed by atoms with E-state index in [-0.39, 0.29) is 11.8 Å². The maximum atomic E-state index is 13.5. The van der Waals surface area contributed by atoms with Crippen molar-refractivity contribution in [2.75, 3.05) is 19.6 Å². The molecule has 0 spiro atoms. The van der Waals surface area contributed by atoms with Crippen LogP contribution in [0.25, 0.3) is 10.4 Å². The number of aromatic nitrogens is 1. The summed E-state index contributed by atoms with van der Waals surface area (Å²) in [4.78, 5) is 33.8. The van der Waals surface area contributed by atoms with Gasteiger partial charge < -0.3 is 10.2 Å². The van der Waals surface area contributed by atoms with Crippen molar-refractivity contribution < 1.29 is 9.59 Å². The van der Waals surface area contributed by atoms with Crippen molar-refractivity contribution >= 4 is 23.2 Å². The lowest BCUT2D eigenvalue weighted by atomic mass is 9.78. The van der Waals surface area contributed by atoms with Crippen LogP contribution in [-0.4, -0.2) is 41.3 Å². The quantitative estimate of drug-likeness (QED) is 0.573. The number of amides is 2. The number of carbonyl (C=O) groups is 2. The van der Waals surface area contributed by atoms with Crippen molar-refractivity contribution in [3.8, 4) is 10.4 Å². The second-order valence-corrected chi connectivity index (χ2v) is 9.83. The lowest BCUT2D eigenvalue weighted by Gasteiger charge is -2.29. The molecule has 1 saturated heterocycles. The molecule has 1 aliphatic rings. The van der Waals surface area contributed by atoms with Crippen LogP contribution in [0.3, 0.4) is 0 Å². The zero-order valence-corrected chi connectivity index (χ0v) is 19.4. The Balaban J connectivity index is 1.63. The molecule has 1 aromatic carbocycles. The Kier molecular flexibility index (Phi) is 6.70. The van der Waals surface area contributed by atoms with Gasteiger partial charge in [-0.05, 0) is 53.5 Å². The molecule has 3 heterocycles. The molecular formula is C26H29N3O2S. The van der Waals surface area contributed by atoms with Gasteiger partial charge in [0.05, 0.1) is 5.41 Å². The van der Waals surface area contributed by atoms with Crippen LogP contribution in [0.15, 0.2) is 66.2 Å². The molecule has 0 aliphatic carbocycles. The van der Waals surface area contributed by atoms with E-state index in [0.29, 0.717) is 44.1 Å². The van der Waals surface area contributed by atoms with Crippen molar-refractivity contribution in [1.82, 2.24) is 15.2 Å². The summed E-state index contributed by atoms with van der Waals surface area (Å²) in [5.41, 5.74) is 2.06. The first-order valence-corrected chi connectivity index (χ1v) is 12.0. The Hall–Kier alpha value is -2.99. The topological polar surface area (TPSA) is 62.3 Å². The summed E-state index contributed by atoms with van der Waals surface area (Å²) < 4.78 is 0. The highest BCUT2D eigenvalue weighted by atomic mass is 32.1. The predicted molar refractivity (Wildman–Crippen MR) is 128 cm³/mol. The SMILES string of the molecule is CC(C)CNC(=O)C1(Cc2ccccc2-c2cccs2)CCN(C(=O)c2ccccn2)C1. The first-order valence-electron chi connectivity index (χ1n) is 11.1. The molecule has 5 nitrogen and oxygen atoms in total. The van der Waals surface area contributed by atoms with Crippen molar-refractivity contribution in [3.05, 3.63) is 77.4 Å². The van der Waals surface area contributed by atoms with Crippen LogP contribution in [0.2, 0.25) is 0 Å². The molecule has 2 aromatic heterocycles. The first-order chi connectivity index (χ1) is 15.5. The molecule has 0 saturated carbocycles. The van der Waals surface area contributed by atoms with Gasteiger partial charge in [0.25, 0.3) is 5.91 Å². The fraction of sp³-hybridized carbons (Fsp3) is 0.346. The molecule has 1 fully saturated rings. The smallest absolute Gasteiger partial charge is 0.272 e. The van der Waals surface area contributed by atoms with Gasteiger partial charge in [0.15, 0.2) is 0 Å². The number of thiophene rings is 1. The van der Waals surface area contributed by atoms with Crippen LogP contribution in [-0.2, 0) is 11.2 Å². The minimum absolute atomic E-state index is 0.0310. The van der Waals surface area contributed by atoms with Gasteiger partial charge in [-0.15, -0.1) is 11.3 Å². The highest BCUT2D eigenvalue weighted by Crippen LogP contribution is 2.38. The Labute approximate surface area is 193 Å². The predicted octanol–water partition coefficient (Wildman–Crippen LogP) is 4.66. The Morgan fingerprint density at radius 2 is 1.94 bits per heavy atom. The Morgan fingerprint density at radius 3 is 2.66 bits per heavy atom. The molecule has 1 aliphatic heterocycles. The van der Waals surface area contributed by atoms with Crippen LogP contribution < -0.4 is 5.32 Å². The molecule has 0 bridgehead atoms. The number of carbonyl (C=O) groups excluding carboxylic acids is 2. The Morgan fingerprint density at radius 1 is 1.12 bits per heavy atom. The van der Waals surface area contributed by atoms with E-state index in [1.165, 1.54) is 4.88 Å². The standard InChI is InChI=1S/C26H29N3O2S/c1-19(2)17-28-25(31)26(12-14-29(18-26)24(30)22-10-5-6-13-27-22)16-20-8-3-4-9-21(20)23-11-7-15-32-23/h3-11,13,15,19H,12,14,16-18H2,1-2H3,(H,28,31). The van der Waals surface area contributed by atoms with Crippen LogP contribution in [0, 0.1) is 11.3 Å².